The molecule has 0 spiro atoms. The topological polar surface area (TPSA) is 97.3 Å². The summed E-state index contributed by atoms with van der Waals surface area (Å²) in [6.45, 7) is 0. The van der Waals surface area contributed by atoms with Crippen molar-refractivity contribution in [3.8, 4) is 11.5 Å². The van der Waals surface area contributed by atoms with Crippen LogP contribution in [0.4, 0.5) is 0 Å². The molecule has 1 heterocycles. The Hall–Kier alpha value is -3.35. The normalized spacial score (nSPS) is 11.3. The molecule has 0 bridgehead atoms. The van der Waals surface area contributed by atoms with Gasteiger partial charge in [0.15, 0.2) is 29.7 Å². The number of hydrogen-bond acceptors (Lipinski definition) is 5. The summed E-state index contributed by atoms with van der Waals surface area (Å²) in [7, 11) is 3.09. The lowest BCUT2D eigenvalue weighted by Gasteiger charge is -2.07. The zero-order chi connectivity index (χ0) is 17.4. The van der Waals surface area contributed by atoms with Crippen molar-refractivity contribution < 1.29 is 24.1 Å². The standard InChI is InChI=1S/C17H17N3O4/c1-22-14-7-5-12(10-15(14)23-2)6-8-16(21)24-20-17(18)13-4-3-9-19-11-13/h3-11H,1-2H3,(H2,18,20)/p+1/b8-6+. The lowest BCUT2D eigenvalue weighted by atomic mass is 10.2. The van der Waals surface area contributed by atoms with E-state index in [0.29, 0.717) is 17.1 Å². The summed E-state index contributed by atoms with van der Waals surface area (Å²) in [5.41, 5.74) is 7.09. The highest BCUT2D eigenvalue weighted by Crippen LogP contribution is 2.27. The van der Waals surface area contributed by atoms with E-state index in [-0.39, 0.29) is 5.84 Å². The average molecular weight is 328 g/mol. The first-order valence-electron chi connectivity index (χ1n) is 7.05. The lowest BCUT2D eigenvalue weighted by molar-refractivity contribution is -0.378. The van der Waals surface area contributed by atoms with Crippen LogP contribution >= 0.6 is 0 Å². The molecule has 0 amide bonds. The minimum atomic E-state index is -0.646. The third-order valence-corrected chi connectivity index (χ3v) is 3.06. The Morgan fingerprint density at radius 2 is 2.00 bits per heavy atom. The number of carbonyl (C=O) groups is 1. The van der Waals surface area contributed by atoms with E-state index < -0.39 is 5.97 Å². The second-order valence-electron chi connectivity index (χ2n) is 4.63. The summed E-state index contributed by atoms with van der Waals surface area (Å²) in [6, 6.07) is 8.76. The van der Waals surface area contributed by atoms with Crippen LogP contribution < -0.4 is 20.2 Å². The van der Waals surface area contributed by atoms with Crippen LogP contribution in [-0.2, 0) is 9.63 Å². The molecule has 0 aliphatic heterocycles. The van der Waals surface area contributed by atoms with Crippen LogP contribution in [0.15, 0.2) is 54.0 Å². The molecule has 0 atom stereocenters. The zero-order valence-electron chi connectivity index (χ0n) is 13.4. The Balaban J connectivity index is 2.00. The predicted octanol–water partition coefficient (Wildman–Crippen LogP) is 1.39. The predicted molar refractivity (Wildman–Crippen MR) is 88.4 cm³/mol. The molecule has 7 nitrogen and oxygen atoms in total. The number of benzene rings is 1. The number of nitrogens with two attached hydrogens (primary N) is 1. The maximum absolute atomic E-state index is 11.7. The molecule has 0 fully saturated rings. The SMILES string of the molecule is COc1ccc(/C=C/C(=O)ON=C(N)c2ccc[nH+]c2)cc1OC. The van der Waals surface area contributed by atoms with Crippen molar-refractivity contribution in [3.63, 3.8) is 0 Å². The molecular weight excluding hydrogens is 310 g/mol. The van der Waals surface area contributed by atoms with Gasteiger partial charge >= 0.3 is 5.97 Å². The molecule has 1 aromatic carbocycles. The van der Waals surface area contributed by atoms with Gasteiger partial charge in [-0.05, 0) is 29.8 Å². The number of H-pyrrole nitrogens is 1. The molecule has 24 heavy (non-hydrogen) atoms. The van der Waals surface area contributed by atoms with Gasteiger partial charge < -0.3 is 20.0 Å². The van der Waals surface area contributed by atoms with Crippen molar-refractivity contribution in [2.75, 3.05) is 14.2 Å². The molecule has 0 saturated heterocycles. The molecule has 1 aromatic heterocycles. The van der Waals surface area contributed by atoms with Gasteiger partial charge in [-0.15, -0.1) is 0 Å². The number of aromatic nitrogens is 1. The number of pyridine rings is 1. The van der Waals surface area contributed by atoms with Crippen molar-refractivity contribution in [2.45, 2.75) is 0 Å². The number of hydrogen-bond donors (Lipinski definition) is 1. The maximum Gasteiger partial charge on any atom is 0.358 e. The monoisotopic (exact) mass is 328 g/mol. The van der Waals surface area contributed by atoms with Crippen LogP contribution in [0.3, 0.4) is 0 Å². The van der Waals surface area contributed by atoms with Gasteiger partial charge in [-0.1, -0.05) is 11.2 Å². The number of amidine groups is 1. The van der Waals surface area contributed by atoms with Gasteiger partial charge in [0.2, 0.25) is 0 Å². The Labute approximate surface area is 139 Å². The number of aromatic amines is 1. The Morgan fingerprint density at radius 3 is 2.67 bits per heavy atom. The highest BCUT2D eigenvalue weighted by atomic mass is 16.7. The quantitative estimate of drug-likeness (QED) is 0.284. The van der Waals surface area contributed by atoms with Gasteiger partial charge in [-0.2, -0.15) is 0 Å². The maximum atomic E-state index is 11.7. The fourth-order valence-electron chi connectivity index (χ4n) is 1.85. The van der Waals surface area contributed by atoms with Gasteiger partial charge in [0.25, 0.3) is 0 Å². The molecule has 2 rings (SSSR count). The number of nitrogens with zero attached hydrogens (tertiary/aromatic N) is 1. The molecule has 3 N–H and O–H groups in total. The molecule has 0 saturated carbocycles. The summed E-state index contributed by atoms with van der Waals surface area (Å²) in [6.07, 6.45) is 6.20. The Kier molecular flexibility index (Phi) is 5.90. The van der Waals surface area contributed by atoms with E-state index in [0.717, 1.165) is 5.56 Å². The molecule has 124 valence electrons. The first-order valence-corrected chi connectivity index (χ1v) is 7.05. The van der Waals surface area contributed by atoms with Gasteiger partial charge in [0.1, 0.15) is 0 Å². The van der Waals surface area contributed by atoms with Crippen LogP contribution in [0.25, 0.3) is 6.08 Å². The van der Waals surface area contributed by atoms with Crippen LogP contribution in [0.5, 0.6) is 11.5 Å². The van der Waals surface area contributed by atoms with Gasteiger partial charge in [0.05, 0.1) is 19.8 Å². The van der Waals surface area contributed by atoms with Gasteiger partial charge in [-0.3, -0.25) is 0 Å². The number of carbonyl (C=O) groups excluding carboxylic acids is 1. The van der Waals surface area contributed by atoms with E-state index in [9.17, 15) is 4.79 Å². The number of ether oxygens (including phenoxy) is 2. The highest BCUT2D eigenvalue weighted by molar-refractivity contribution is 5.97. The van der Waals surface area contributed by atoms with Crippen LogP contribution in [-0.4, -0.2) is 26.0 Å². The number of methoxy groups -OCH3 is 2. The second kappa shape index (κ2) is 8.33. The van der Waals surface area contributed by atoms with Crippen LogP contribution in [0, 0.1) is 0 Å². The average Bonchev–Trinajstić information content (AvgIpc) is 2.64. The molecule has 0 aliphatic carbocycles. The van der Waals surface area contributed by atoms with E-state index in [2.05, 4.69) is 10.1 Å². The van der Waals surface area contributed by atoms with E-state index >= 15 is 0 Å². The fraction of sp³-hybridized carbons (Fsp3) is 0.118. The zero-order valence-corrected chi connectivity index (χ0v) is 13.4. The van der Waals surface area contributed by atoms with E-state index in [4.69, 9.17) is 20.0 Å². The third-order valence-electron chi connectivity index (χ3n) is 3.06. The Morgan fingerprint density at radius 1 is 1.21 bits per heavy atom. The lowest BCUT2D eigenvalue weighted by Crippen LogP contribution is -2.17. The van der Waals surface area contributed by atoms with Gasteiger partial charge in [0, 0.05) is 12.1 Å². The summed E-state index contributed by atoms with van der Waals surface area (Å²) < 4.78 is 10.3. The van der Waals surface area contributed by atoms with Crippen LogP contribution in [0.1, 0.15) is 11.1 Å². The summed E-state index contributed by atoms with van der Waals surface area (Å²) in [5, 5.41) is 3.60. The van der Waals surface area contributed by atoms with E-state index in [1.165, 1.54) is 13.2 Å². The van der Waals surface area contributed by atoms with Crippen molar-refractivity contribution in [3.05, 3.63) is 59.9 Å². The smallest absolute Gasteiger partial charge is 0.358 e. The van der Waals surface area contributed by atoms with Gasteiger partial charge in [-0.25, -0.2) is 9.78 Å². The fourth-order valence-corrected chi connectivity index (χ4v) is 1.85. The Bertz CT molecular complexity index is 758. The van der Waals surface area contributed by atoms with Crippen molar-refractivity contribution in [2.24, 2.45) is 10.9 Å². The minimum absolute atomic E-state index is 0.0970. The highest BCUT2D eigenvalue weighted by Gasteiger charge is 2.05. The molecule has 0 unspecified atom stereocenters. The van der Waals surface area contributed by atoms with E-state index in [1.54, 1.807) is 55.9 Å². The molecule has 7 heteroatoms. The second-order valence-corrected chi connectivity index (χ2v) is 4.63. The van der Waals surface area contributed by atoms with Crippen molar-refractivity contribution in [1.29, 1.82) is 0 Å². The summed E-state index contributed by atoms with van der Waals surface area (Å²) in [4.78, 5) is 19.3. The minimum Gasteiger partial charge on any atom is -0.493 e. The molecule has 0 aliphatic rings. The summed E-state index contributed by atoms with van der Waals surface area (Å²) in [5.74, 6) is 0.622. The summed E-state index contributed by atoms with van der Waals surface area (Å²) >= 11 is 0. The van der Waals surface area contributed by atoms with Crippen molar-refractivity contribution >= 4 is 17.9 Å². The molecular formula is C17H18N3O4+. The first kappa shape index (κ1) is 17.0. The van der Waals surface area contributed by atoms with Crippen molar-refractivity contribution in [1.82, 2.24) is 0 Å². The molecule has 0 radical (unpaired) electrons. The molecule has 2 aromatic rings. The largest absolute Gasteiger partial charge is 0.493 e. The first-order chi connectivity index (χ1) is 11.6. The number of rotatable bonds is 6. The number of nitrogens with one attached hydrogen (secondary N) is 1. The van der Waals surface area contributed by atoms with E-state index in [1.807, 2.05) is 0 Å². The third kappa shape index (κ3) is 4.57. The van der Waals surface area contributed by atoms with Crippen LogP contribution in [0.2, 0.25) is 0 Å². The number of oxime groups is 1.